The fourth-order valence-corrected chi connectivity index (χ4v) is 3.29. The number of nitrogens with one attached hydrogen (secondary N) is 1. The normalized spacial score (nSPS) is 11.0. The van der Waals surface area contributed by atoms with Gasteiger partial charge in [-0.15, -0.1) is 0 Å². The van der Waals surface area contributed by atoms with Gasteiger partial charge >= 0.3 is 5.97 Å². The molecule has 0 bridgehead atoms. The van der Waals surface area contributed by atoms with Gasteiger partial charge in [0.2, 0.25) is 5.43 Å². The Bertz CT molecular complexity index is 1050. The van der Waals surface area contributed by atoms with E-state index in [1.165, 1.54) is 6.20 Å². The molecule has 25 heavy (non-hydrogen) atoms. The monoisotopic (exact) mass is 337 g/mol. The van der Waals surface area contributed by atoms with Crippen LogP contribution in [0.5, 0.6) is 0 Å². The molecule has 0 aliphatic heterocycles. The van der Waals surface area contributed by atoms with Gasteiger partial charge in [0.25, 0.3) is 0 Å². The Kier molecular flexibility index (Phi) is 4.04. The van der Waals surface area contributed by atoms with E-state index in [-0.39, 0.29) is 5.56 Å². The van der Waals surface area contributed by atoms with E-state index in [1.807, 2.05) is 32.9 Å². The third-order valence-corrected chi connectivity index (χ3v) is 4.27. The van der Waals surface area contributed by atoms with E-state index >= 15 is 0 Å². The van der Waals surface area contributed by atoms with Crippen molar-refractivity contribution in [3.05, 3.63) is 57.1 Å². The number of carboxylic acid groups (broad SMARTS) is 1. The van der Waals surface area contributed by atoms with Crippen LogP contribution in [0.15, 0.2) is 29.2 Å². The summed E-state index contributed by atoms with van der Waals surface area (Å²) in [5, 5.41) is 9.45. The predicted molar refractivity (Wildman–Crippen MR) is 98.0 cm³/mol. The van der Waals surface area contributed by atoms with Gasteiger partial charge < -0.3 is 15.8 Å². The highest BCUT2D eigenvalue weighted by Crippen LogP contribution is 2.35. The Morgan fingerprint density at radius 2 is 1.88 bits per heavy atom. The van der Waals surface area contributed by atoms with Gasteiger partial charge in [0.15, 0.2) is 0 Å². The van der Waals surface area contributed by atoms with E-state index < -0.39 is 11.4 Å². The van der Waals surface area contributed by atoms with Crippen LogP contribution in [0.3, 0.4) is 0 Å². The summed E-state index contributed by atoms with van der Waals surface area (Å²) in [7, 11) is 0. The summed E-state index contributed by atoms with van der Waals surface area (Å²) in [6.07, 6.45) is 1.88. The molecule has 0 atom stereocenters. The first kappa shape index (κ1) is 16.7. The molecule has 128 valence electrons. The molecule has 4 N–H and O–H groups in total. The molecule has 6 nitrogen and oxygen atoms in total. The zero-order valence-corrected chi connectivity index (χ0v) is 14.3. The molecule has 0 saturated heterocycles. The Morgan fingerprint density at radius 1 is 1.24 bits per heavy atom. The number of benzene rings is 1. The van der Waals surface area contributed by atoms with E-state index in [0.717, 1.165) is 28.1 Å². The number of hydrogen-bond donors (Lipinski definition) is 3. The van der Waals surface area contributed by atoms with Crippen molar-refractivity contribution in [3.8, 4) is 11.1 Å². The lowest BCUT2D eigenvalue weighted by atomic mass is 9.92. The molecule has 0 aliphatic rings. The number of nitrogens with zero attached hydrogens (tertiary/aromatic N) is 1. The molecule has 2 aromatic heterocycles. The van der Waals surface area contributed by atoms with Gasteiger partial charge in [-0.25, -0.2) is 4.79 Å². The standard InChI is InChI=1S/C19H19N3O3/c1-4-12-16(11-5-9(2)22-10(3)6-11)15(20)7-13-17(12)21-8-14(18(13)23)19(24)25/h5-8H,4,20H2,1-3H3,(H,21,23)(H,24,25). The van der Waals surface area contributed by atoms with Gasteiger partial charge in [-0.1, -0.05) is 6.92 Å². The highest BCUT2D eigenvalue weighted by atomic mass is 16.4. The number of H-pyrrole nitrogens is 1. The number of carbonyl (C=O) groups is 1. The number of rotatable bonds is 3. The number of aryl methyl sites for hydroxylation is 3. The Morgan fingerprint density at radius 3 is 2.44 bits per heavy atom. The molecule has 3 aromatic rings. The summed E-state index contributed by atoms with van der Waals surface area (Å²) in [4.78, 5) is 31.1. The first-order valence-electron chi connectivity index (χ1n) is 7.99. The van der Waals surface area contributed by atoms with Gasteiger partial charge in [0.05, 0.1) is 5.52 Å². The van der Waals surface area contributed by atoms with Crippen LogP contribution in [0.4, 0.5) is 5.69 Å². The van der Waals surface area contributed by atoms with Crippen LogP contribution in [0, 0.1) is 13.8 Å². The number of anilines is 1. The summed E-state index contributed by atoms with van der Waals surface area (Å²) >= 11 is 0. The number of aromatic nitrogens is 2. The van der Waals surface area contributed by atoms with Crippen molar-refractivity contribution >= 4 is 22.6 Å². The van der Waals surface area contributed by atoms with E-state index in [4.69, 9.17) is 10.8 Å². The fraction of sp³-hybridized carbons (Fsp3) is 0.211. The average Bonchev–Trinajstić information content (AvgIpc) is 2.53. The number of aromatic carboxylic acids is 1. The number of pyridine rings is 2. The minimum absolute atomic E-state index is 0.292. The lowest BCUT2D eigenvalue weighted by Gasteiger charge is -2.16. The number of hydrogen-bond acceptors (Lipinski definition) is 4. The summed E-state index contributed by atoms with van der Waals surface area (Å²) in [5.74, 6) is -1.26. The highest BCUT2D eigenvalue weighted by molar-refractivity contribution is 5.98. The average molecular weight is 337 g/mol. The van der Waals surface area contributed by atoms with Crippen molar-refractivity contribution in [1.29, 1.82) is 0 Å². The molecule has 0 unspecified atom stereocenters. The molecule has 3 rings (SSSR count). The number of nitrogen functional groups attached to an aromatic ring is 1. The molecule has 0 saturated carbocycles. The Hall–Kier alpha value is -3.15. The van der Waals surface area contributed by atoms with Crippen molar-refractivity contribution in [2.24, 2.45) is 0 Å². The molecule has 0 amide bonds. The molecular weight excluding hydrogens is 318 g/mol. The smallest absolute Gasteiger partial charge is 0.341 e. The van der Waals surface area contributed by atoms with E-state index in [9.17, 15) is 9.59 Å². The molecule has 2 heterocycles. The third kappa shape index (κ3) is 2.76. The maximum absolute atomic E-state index is 12.5. The van der Waals surface area contributed by atoms with Gasteiger partial charge in [0.1, 0.15) is 5.56 Å². The second kappa shape index (κ2) is 6.05. The second-order valence-electron chi connectivity index (χ2n) is 6.07. The fourth-order valence-electron chi connectivity index (χ4n) is 3.29. The van der Waals surface area contributed by atoms with Gasteiger partial charge in [-0.3, -0.25) is 9.78 Å². The first-order chi connectivity index (χ1) is 11.8. The Balaban J connectivity index is 2.42. The van der Waals surface area contributed by atoms with Gasteiger partial charge in [0, 0.05) is 34.2 Å². The van der Waals surface area contributed by atoms with Crippen molar-refractivity contribution in [1.82, 2.24) is 9.97 Å². The zero-order chi connectivity index (χ0) is 18.3. The van der Waals surface area contributed by atoms with Crippen molar-refractivity contribution < 1.29 is 9.90 Å². The summed E-state index contributed by atoms with van der Waals surface area (Å²) in [6, 6.07) is 5.46. The predicted octanol–water partition coefficient (Wildman–Crippen LogP) is 3.05. The summed E-state index contributed by atoms with van der Waals surface area (Å²) in [6.45, 7) is 5.81. The quantitative estimate of drug-likeness (QED) is 0.636. The highest BCUT2D eigenvalue weighted by Gasteiger charge is 2.18. The summed E-state index contributed by atoms with van der Waals surface area (Å²) < 4.78 is 0. The van der Waals surface area contributed by atoms with Crippen molar-refractivity contribution in [2.45, 2.75) is 27.2 Å². The molecule has 1 aromatic carbocycles. The van der Waals surface area contributed by atoms with Gasteiger partial charge in [-0.2, -0.15) is 0 Å². The third-order valence-electron chi connectivity index (χ3n) is 4.27. The van der Waals surface area contributed by atoms with Gasteiger partial charge in [-0.05, 0) is 49.6 Å². The minimum Gasteiger partial charge on any atom is -0.477 e. The zero-order valence-electron chi connectivity index (χ0n) is 14.3. The second-order valence-corrected chi connectivity index (χ2v) is 6.07. The molecule has 0 spiro atoms. The maximum atomic E-state index is 12.5. The van der Waals surface area contributed by atoms with E-state index in [2.05, 4.69) is 9.97 Å². The summed E-state index contributed by atoms with van der Waals surface area (Å²) in [5.41, 5.74) is 10.9. The SMILES string of the molecule is CCc1c(-c2cc(C)nc(C)c2)c(N)cc2c(=O)c(C(=O)O)c[nH]c12. The maximum Gasteiger partial charge on any atom is 0.341 e. The van der Waals surface area contributed by atoms with Crippen LogP contribution in [-0.2, 0) is 6.42 Å². The topological polar surface area (TPSA) is 109 Å². The molecule has 0 fully saturated rings. The van der Waals surface area contributed by atoms with Crippen LogP contribution in [0.1, 0.15) is 34.2 Å². The number of nitrogens with two attached hydrogens (primary N) is 1. The molecular formula is C19H19N3O3. The minimum atomic E-state index is -1.26. The van der Waals surface area contributed by atoms with Crippen LogP contribution in [0.2, 0.25) is 0 Å². The van der Waals surface area contributed by atoms with Crippen LogP contribution >= 0.6 is 0 Å². The van der Waals surface area contributed by atoms with Crippen LogP contribution in [-0.4, -0.2) is 21.0 Å². The van der Waals surface area contributed by atoms with Crippen LogP contribution in [0.25, 0.3) is 22.0 Å². The number of aromatic amines is 1. The molecule has 6 heteroatoms. The van der Waals surface area contributed by atoms with E-state index in [0.29, 0.717) is 23.0 Å². The lowest BCUT2D eigenvalue weighted by molar-refractivity contribution is 0.0695. The van der Waals surface area contributed by atoms with Crippen molar-refractivity contribution in [2.75, 3.05) is 5.73 Å². The number of carboxylic acids is 1. The van der Waals surface area contributed by atoms with E-state index in [1.54, 1.807) is 6.07 Å². The molecule has 0 radical (unpaired) electrons. The Labute approximate surface area is 144 Å². The molecule has 0 aliphatic carbocycles. The first-order valence-corrected chi connectivity index (χ1v) is 7.99. The van der Waals surface area contributed by atoms with Crippen LogP contribution < -0.4 is 11.2 Å². The number of fused-ring (bicyclic) bond motifs is 1. The largest absolute Gasteiger partial charge is 0.477 e. The van der Waals surface area contributed by atoms with Crippen molar-refractivity contribution in [3.63, 3.8) is 0 Å². The lowest BCUT2D eigenvalue weighted by Crippen LogP contribution is -2.16.